The smallest absolute Gasteiger partial charge is 0.343 e. The highest BCUT2D eigenvalue weighted by molar-refractivity contribution is 6.05. The predicted octanol–water partition coefficient (Wildman–Crippen LogP) is 2.46. The molecule has 4 aromatic rings. The number of carbonyl (C=O) groups excluding carboxylic acids is 2. The maximum atomic E-state index is 12.4. The van der Waals surface area contributed by atoms with Crippen molar-refractivity contribution in [2.24, 2.45) is 0 Å². The molecule has 0 spiro atoms. The number of hydrogen-bond donors (Lipinski definition) is 2. The van der Waals surface area contributed by atoms with Gasteiger partial charge in [-0.05, 0) is 25.1 Å². The second kappa shape index (κ2) is 8.02. The van der Waals surface area contributed by atoms with E-state index in [-0.39, 0.29) is 17.9 Å². The van der Waals surface area contributed by atoms with E-state index in [4.69, 9.17) is 4.74 Å². The lowest BCUT2D eigenvalue weighted by Gasteiger charge is -2.08. The van der Waals surface area contributed by atoms with Gasteiger partial charge in [0.25, 0.3) is 5.91 Å². The fourth-order valence-corrected chi connectivity index (χ4v) is 3.00. The average molecular weight is 421 g/mol. The van der Waals surface area contributed by atoms with Crippen molar-refractivity contribution in [3.8, 4) is 11.3 Å². The molecular weight excluding hydrogens is 406 g/mol. The number of anilines is 1. The number of hydrogen-bond acceptors (Lipinski definition) is 8. The summed E-state index contributed by atoms with van der Waals surface area (Å²) in [5.41, 5.74) is 1.57. The summed E-state index contributed by atoms with van der Waals surface area (Å²) < 4.78 is 6.52. The molecule has 0 radical (unpaired) electrons. The highest BCUT2D eigenvalue weighted by Gasteiger charge is 2.23. The third kappa shape index (κ3) is 3.69. The van der Waals surface area contributed by atoms with E-state index in [2.05, 4.69) is 25.6 Å². The molecule has 0 unspecified atom stereocenters. The fourth-order valence-electron chi connectivity index (χ4n) is 3.00. The number of ether oxygens (including phenoxy) is 1. The minimum absolute atomic E-state index is 0.228. The van der Waals surface area contributed by atoms with E-state index in [9.17, 15) is 19.7 Å². The van der Waals surface area contributed by atoms with E-state index < -0.39 is 22.5 Å². The van der Waals surface area contributed by atoms with Crippen molar-refractivity contribution in [1.29, 1.82) is 0 Å². The first-order valence-corrected chi connectivity index (χ1v) is 9.09. The lowest BCUT2D eigenvalue weighted by molar-refractivity contribution is -0.385. The molecule has 156 valence electrons. The fraction of sp³-hybridized carbons (Fsp3) is 0.105. The largest absolute Gasteiger partial charge is 0.462 e. The van der Waals surface area contributed by atoms with Crippen molar-refractivity contribution < 1.29 is 19.2 Å². The number of esters is 1. The van der Waals surface area contributed by atoms with Crippen LogP contribution >= 0.6 is 0 Å². The summed E-state index contributed by atoms with van der Waals surface area (Å²) >= 11 is 0. The Morgan fingerprint density at radius 3 is 2.90 bits per heavy atom. The van der Waals surface area contributed by atoms with Gasteiger partial charge in [0.2, 0.25) is 5.69 Å². The van der Waals surface area contributed by atoms with Gasteiger partial charge < -0.3 is 10.1 Å². The maximum absolute atomic E-state index is 12.4. The summed E-state index contributed by atoms with van der Waals surface area (Å²) in [6, 6.07) is 8.49. The zero-order chi connectivity index (χ0) is 22.0. The number of aromatic amines is 1. The van der Waals surface area contributed by atoms with Crippen LogP contribution < -0.4 is 5.32 Å². The van der Waals surface area contributed by atoms with Gasteiger partial charge in [-0.3, -0.25) is 20.0 Å². The molecule has 12 nitrogen and oxygen atoms in total. The Labute approximate surface area is 174 Å². The molecule has 0 atom stereocenters. The van der Waals surface area contributed by atoms with Crippen LogP contribution in [0.25, 0.3) is 16.9 Å². The van der Waals surface area contributed by atoms with Crippen LogP contribution in [0.15, 0.2) is 48.9 Å². The molecule has 0 saturated heterocycles. The quantitative estimate of drug-likeness (QED) is 0.273. The number of H-pyrrole nitrogens is 1. The minimum atomic E-state index is -0.704. The standard InChI is InChI=1S/C19H15N7O5/c1-2-31-19(28)13-9-22-25-14(6-7-20-17(13)25)11-4-3-5-12(8-11)23-18(27)16-15(26(29)30)10-21-24-16/h3-10H,2H2,1H3,(H,21,24)(H,23,27). The molecule has 1 aromatic carbocycles. The number of amides is 1. The lowest BCUT2D eigenvalue weighted by atomic mass is 10.1. The van der Waals surface area contributed by atoms with Gasteiger partial charge in [0, 0.05) is 17.4 Å². The molecule has 0 saturated carbocycles. The van der Waals surface area contributed by atoms with Crippen LogP contribution in [-0.2, 0) is 4.74 Å². The Balaban J connectivity index is 1.66. The van der Waals surface area contributed by atoms with Gasteiger partial charge in [-0.2, -0.15) is 10.2 Å². The Hall–Kier alpha value is -4.61. The van der Waals surface area contributed by atoms with E-state index in [1.807, 2.05) is 0 Å². The molecule has 0 fully saturated rings. The molecule has 2 N–H and O–H groups in total. The van der Waals surface area contributed by atoms with Crippen molar-refractivity contribution in [3.63, 3.8) is 0 Å². The summed E-state index contributed by atoms with van der Waals surface area (Å²) in [6.45, 7) is 1.94. The third-order valence-electron chi connectivity index (χ3n) is 4.36. The van der Waals surface area contributed by atoms with E-state index >= 15 is 0 Å². The van der Waals surface area contributed by atoms with Gasteiger partial charge in [0.1, 0.15) is 11.8 Å². The lowest BCUT2D eigenvalue weighted by Crippen LogP contribution is -2.14. The zero-order valence-corrected chi connectivity index (χ0v) is 16.1. The number of nitro groups is 1. The maximum Gasteiger partial charge on any atom is 0.343 e. The van der Waals surface area contributed by atoms with Gasteiger partial charge in [-0.15, -0.1) is 0 Å². The van der Waals surface area contributed by atoms with E-state index in [0.717, 1.165) is 6.20 Å². The van der Waals surface area contributed by atoms with E-state index in [1.165, 1.54) is 16.9 Å². The van der Waals surface area contributed by atoms with Crippen molar-refractivity contribution in [1.82, 2.24) is 24.8 Å². The summed E-state index contributed by atoms with van der Waals surface area (Å²) in [4.78, 5) is 39.1. The van der Waals surface area contributed by atoms with E-state index in [0.29, 0.717) is 22.6 Å². The Bertz CT molecular complexity index is 1310. The molecule has 3 aromatic heterocycles. The molecule has 3 heterocycles. The highest BCUT2D eigenvalue weighted by Crippen LogP contribution is 2.25. The number of benzene rings is 1. The predicted molar refractivity (Wildman–Crippen MR) is 108 cm³/mol. The summed E-state index contributed by atoms with van der Waals surface area (Å²) in [5, 5.41) is 23.7. The SMILES string of the molecule is CCOC(=O)c1cnn2c(-c3cccc(NC(=O)c4[nH]ncc4[N+](=O)[O-])c3)ccnc12. The van der Waals surface area contributed by atoms with Crippen LogP contribution in [-0.4, -0.2) is 48.2 Å². The van der Waals surface area contributed by atoms with Crippen LogP contribution in [0.4, 0.5) is 11.4 Å². The monoisotopic (exact) mass is 421 g/mol. The Morgan fingerprint density at radius 1 is 1.29 bits per heavy atom. The second-order valence-corrected chi connectivity index (χ2v) is 6.27. The number of rotatable bonds is 6. The molecule has 0 aliphatic rings. The molecule has 1 amide bonds. The summed E-state index contributed by atoms with van der Waals surface area (Å²) in [5.74, 6) is -1.23. The molecule has 0 bridgehead atoms. The zero-order valence-electron chi connectivity index (χ0n) is 16.1. The number of carbonyl (C=O) groups is 2. The first kappa shape index (κ1) is 19.7. The first-order chi connectivity index (χ1) is 15.0. The Morgan fingerprint density at radius 2 is 2.13 bits per heavy atom. The van der Waals surface area contributed by atoms with E-state index in [1.54, 1.807) is 37.3 Å². The van der Waals surface area contributed by atoms with Crippen molar-refractivity contribution in [2.45, 2.75) is 6.92 Å². The molecule has 0 aliphatic heterocycles. The van der Waals surface area contributed by atoms with Crippen LogP contribution in [0, 0.1) is 10.1 Å². The molecular formula is C19H15N7O5. The average Bonchev–Trinajstić information content (AvgIpc) is 3.41. The molecule has 12 heteroatoms. The number of aromatic nitrogens is 5. The second-order valence-electron chi connectivity index (χ2n) is 6.27. The van der Waals surface area contributed by atoms with Gasteiger partial charge in [-0.25, -0.2) is 14.3 Å². The van der Waals surface area contributed by atoms with Crippen molar-refractivity contribution in [2.75, 3.05) is 11.9 Å². The summed E-state index contributed by atoms with van der Waals surface area (Å²) in [6.07, 6.45) is 3.89. The minimum Gasteiger partial charge on any atom is -0.462 e. The topological polar surface area (TPSA) is 157 Å². The number of nitrogens with one attached hydrogen (secondary N) is 2. The van der Waals surface area contributed by atoms with Gasteiger partial charge >= 0.3 is 11.7 Å². The normalized spacial score (nSPS) is 10.7. The van der Waals surface area contributed by atoms with Gasteiger partial charge in [0.15, 0.2) is 5.65 Å². The van der Waals surface area contributed by atoms with Gasteiger partial charge in [0.05, 0.1) is 23.4 Å². The van der Waals surface area contributed by atoms with Crippen LogP contribution in [0.2, 0.25) is 0 Å². The Kier molecular flexibility index (Phi) is 5.10. The number of nitrogens with zero attached hydrogens (tertiary/aromatic N) is 5. The molecule has 4 rings (SSSR count). The number of fused-ring (bicyclic) bond motifs is 1. The molecule has 31 heavy (non-hydrogen) atoms. The van der Waals surface area contributed by atoms with Crippen molar-refractivity contribution >= 4 is 28.9 Å². The highest BCUT2D eigenvalue weighted by atomic mass is 16.6. The third-order valence-corrected chi connectivity index (χ3v) is 4.36. The van der Waals surface area contributed by atoms with Crippen LogP contribution in [0.3, 0.4) is 0 Å². The van der Waals surface area contributed by atoms with Crippen molar-refractivity contribution in [3.05, 3.63) is 70.3 Å². The molecule has 0 aliphatic carbocycles. The van der Waals surface area contributed by atoms with Crippen LogP contribution in [0.5, 0.6) is 0 Å². The summed E-state index contributed by atoms with van der Waals surface area (Å²) in [7, 11) is 0. The first-order valence-electron chi connectivity index (χ1n) is 9.09. The van der Waals surface area contributed by atoms with Crippen LogP contribution in [0.1, 0.15) is 27.8 Å². The van der Waals surface area contributed by atoms with Gasteiger partial charge in [-0.1, -0.05) is 12.1 Å².